The third kappa shape index (κ3) is 4.73. The first kappa shape index (κ1) is 12.6. The Kier molecular flexibility index (Phi) is 5.22. The van der Waals surface area contributed by atoms with E-state index in [1.54, 1.807) is 19.1 Å². The molecule has 1 aromatic carbocycles. The fourth-order valence-electron chi connectivity index (χ4n) is 1.21. The molecule has 0 aliphatic heterocycles. The average molecular weight is 276 g/mol. The van der Waals surface area contributed by atoms with Crippen LogP contribution in [-0.4, -0.2) is 17.8 Å². The van der Waals surface area contributed by atoms with Crippen molar-refractivity contribution < 1.29 is 9.50 Å². The van der Waals surface area contributed by atoms with Gasteiger partial charge in [0.1, 0.15) is 5.82 Å². The molecule has 0 aliphatic carbocycles. The SMILES string of the molecule is CC(O)CCNCc1cc(Br)ccc1F. The largest absolute Gasteiger partial charge is 0.393 e. The maximum atomic E-state index is 13.2. The van der Waals surface area contributed by atoms with Crippen molar-refractivity contribution in [2.24, 2.45) is 0 Å². The van der Waals surface area contributed by atoms with Crippen LogP contribution in [0, 0.1) is 5.82 Å². The van der Waals surface area contributed by atoms with Crippen molar-refractivity contribution in [2.45, 2.75) is 26.0 Å². The molecule has 0 bridgehead atoms. The molecule has 1 aromatic rings. The Labute approximate surface area is 97.6 Å². The Bertz CT molecular complexity index is 317. The predicted octanol–water partition coefficient (Wildman–Crippen LogP) is 2.45. The van der Waals surface area contributed by atoms with Crippen molar-refractivity contribution in [1.82, 2.24) is 5.32 Å². The summed E-state index contributed by atoms with van der Waals surface area (Å²) in [5, 5.41) is 12.1. The molecule has 0 spiro atoms. The lowest BCUT2D eigenvalue weighted by Gasteiger charge is -2.07. The van der Waals surface area contributed by atoms with E-state index in [4.69, 9.17) is 5.11 Å². The smallest absolute Gasteiger partial charge is 0.127 e. The van der Waals surface area contributed by atoms with Gasteiger partial charge in [-0.05, 0) is 38.1 Å². The fourth-order valence-corrected chi connectivity index (χ4v) is 1.62. The van der Waals surface area contributed by atoms with Gasteiger partial charge in [0.05, 0.1) is 6.10 Å². The van der Waals surface area contributed by atoms with Gasteiger partial charge in [-0.25, -0.2) is 4.39 Å². The molecular formula is C11H15BrFNO. The quantitative estimate of drug-likeness (QED) is 0.810. The van der Waals surface area contributed by atoms with Crippen molar-refractivity contribution in [1.29, 1.82) is 0 Å². The molecule has 0 radical (unpaired) electrons. The van der Waals surface area contributed by atoms with Gasteiger partial charge in [0.15, 0.2) is 0 Å². The molecule has 0 saturated carbocycles. The van der Waals surface area contributed by atoms with Crippen LogP contribution < -0.4 is 5.32 Å². The second kappa shape index (κ2) is 6.20. The summed E-state index contributed by atoms with van der Waals surface area (Å²) >= 11 is 3.29. The van der Waals surface area contributed by atoms with Crippen LogP contribution in [0.5, 0.6) is 0 Å². The summed E-state index contributed by atoms with van der Waals surface area (Å²) in [5.74, 6) is -0.206. The van der Waals surface area contributed by atoms with E-state index in [0.717, 1.165) is 4.47 Å². The molecule has 15 heavy (non-hydrogen) atoms. The van der Waals surface area contributed by atoms with Crippen LogP contribution in [0.3, 0.4) is 0 Å². The number of nitrogens with one attached hydrogen (secondary N) is 1. The van der Waals surface area contributed by atoms with E-state index in [1.165, 1.54) is 6.07 Å². The van der Waals surface area contributed by atoms with Crippen molar-refractivity contribution in [3.05, 3.63) is 34.1 Å². The lowest BCUT2D eigenvalue weighted by atomic mass is 10.2. The van der Waals surface area contributed by atoms with Gasteiger partial charge in [-0.3, -0.25) is 0 Å². The monoisotopic (exact) mass is 275 g/mol. The molecule has 2 nitrogen and oxygen atoms in total. The van der Waals surface area contributed by atoms with Gasteiger partial charge in [0.2, 0.25) is 0 Å². The topological polar surface area (TPSA) is 32.3 Å². The minimum absolute atomic E-state index is 0.206. The highest BCUT2D eigenvalue weighted by Crippen LogP contribution is 2.15. The second-order valence-electron chi connectivity index (χ2n) is 3.55. The highest BCUT2D eigenvalue weighted by molar-refractivity contribution is 9.10. The fraction of sp³-hybridized carbons (Fsp3) is 0.455. The van der Waals surface area contributed by atoms with E-state index in [0.29, 0.717) is 25.1 Å². The minimum atomic E-state index is -0.315. The van der Waals surface area contributed by atoms with E-state index in [9.17, 15) is 4.39 Å². The first-order valence-corrected chi connectivity index (χ1v) is 5.71. The normalized spacial score (nSPS) is 12.8. The summed E-state index contributed by atoms with van der Waals surface area (Å²) in [4.78, 5) is 0. The molecule has 0 heterocycles. The summed E-state index contributed by atoms with van der Waals surface area (Å²) in [6.45, 7) is 2.91. The van der Waals surface area contributed by atoms with Gasteiger partial charge in [0, 0.05) is 16.6 Å². The number of hydrogen-bond donors (Lipinski definition) is 2. The number of aliphatic hydroxyl groups excluding tert-OH is 1. The van der Waals surface area contributed by atoms with Crippen LogP contribution in [0.25, 0.3) is 0 Å². The van der Waals surface area contributed by atoms with Crippen LogP contribution >= 0.6 is 15.9 Å². The summed E-state index contributed by atoms with van der Waals surface area (Å²) < 4.78 is 14.1. The van der Waals surface area contributed by atoms with Crippen molar-refractivity contribution in [3.8, 4) is 0 Å². The molecular weight excluding hydrogens is 261 g/mol. The second-order valence-corrected chi connectivity index (χ2v) is 4.47. The van der Waals surface area contributed by atoms with Crippen LogP contribution in [-0.2, 0) is 6.54 Å². The zero-order valence-corrected chi connectivity index (χ0v) is 10.2. The van der Waals surface area contributed by atoms with Gasteiger partial charge >= 0.3 is 0 Å². The maximum Gasteiger partial charge on any atom is 0.127 e. The number of benzene rings is 1. The van der Waals surface area contributed by atoms with E-state index in [-0.39, 0.29) is 11.9 Å². The molecule has 1 rings (SSSR count). The van der Waals surface area contributed by atoms with Gasteiger partial charge in [-0.1, -0.05) is 15.9 Å². The van der Waals surface area contributed by atoms with E-state index in [2.05, 4.69) is 21.2 Å². The van der Waals surface area contributed by atoms with Gasteiger partial charge in [-0.15, -0.1) is 0 Å². The highest BCUT2D eigenvalue weighted by Gasteiger charge is 2.02. The molecule has 0 amide bonds. The third-order valence-corrected chi connectivity index (χ3v) is 2.56. The average Bonchev–Trinajstić information content (AvgIpc) is 2.17. The molecule has 0 fully saturated rings. The number of hydrogen-bond acceptors (Lipinski definition) is 2. The highest BCUT2D eigenvalue weighted by atomic mass is 79.9. The maximum absolute atomic E-state index is 13.2. The Morgan fingerprint density at radius 3 is 2.93 bits per heavy atom. The zero-order chi connectivity index (χ0) is 11.3. The predicted molar refractivity (Wildman–Crippen MR) is 62.1 cm³/mol. The Balaban J connectivity index is 2.40. The van der Waals surface area contributed by atoms with Crippen LogP contribution in [0.4, 0.5) is 4.39 Å². The van der Waals surface area contributed by atoms with Gasteiger partial charge < -0.3 is 10.4 Å². The van der Waals surface area contributed by atoms with Crippen LogP contribution in [0.15, 0.2) is 22.7 Å². The van der Waals surface area contributed by atoms with E-state index < -0.39 is 0 Å². The summed E-state index contributed by atoms with van der Waals surface area (Å²) in [6, 6.07) is 4.87. The lowest BCUT2D eigenvalue weighted by Crippen LogP contribution is -2.19. The molecule has 1 atom stereocenters. The van der Waals surface area contributed by atoms with E-state index in [1.807, 2.05) is 0 Å². The van der Waals surface area contributed by atoms with Crippen molar-refractivity contribution >= 4 is 15.9 Å². The summed E-state index contributed by atoms with van der Waals surface area (Å²) in [6.07, 6.45) is 0.361. The standard InChI is InChI=1S/C11H15BrFNO/c1-8(15)4-5-14-7-9-6-10(12)2-3-11(9)13/h2-3,6,8,14-15H,4-5,7H2,1H3. The number of halogens is 2. The van der Waals surface area contributed by atoms with Crippen LogP contribution in [0.1, 0.15) is 18.9 Å². The Morgan fingerprint density at radius 2 is 2.27 bits per heavy atom. The lowest BCUT2D eigenvalue weighted by molar-refractivity contribution is 0.183. The zero-order valence-electron chi connectivity index (χ0n) is 8.63. The molecule has 2 N–H and O–H groups in total. The van der Waals surface area contributed by atoms with E-state index >= 15 is 0 Å². The summed E-state index contributed by atoms with van der Waals surface area (Å²) in [5.41, 5.74) is 0.634. The van der Waals surface area contributed by atoms with Gasteiger partial charge in [0.25, 0.3) is 0 Å². The van der Waals surface area contributed by atoms with Crippen molar-refractivity contribution in [3.63, 3.8) is 0 Å². The van der Waals surface area contributed by atoms with Gasteiger partial charge in [-0.2, -0.15) is 0 Å². The molecule has 0 aromatic heterocycles. The summed E-state index contributed by atoms with van der Waals surface area (Å²) in [7, 11) is 0. The number of aliphatic hydroxyl groups is 1. The number of rotatable bonds is 5. The third-order valence-electron chi connectivity index (χ3n) is 2.06. The molecule has 0 aliphatic rings. The van der Waals surface area contributed by atoms with Crippen LogP contribution in [0.2, 0.25) is 0 Å². The Morgan fingerprint density at radius 1 is 1.53 bits per heavy atom. The minimum Gasteiger partial charge on any atom is -0.393 e. The first-order chi connectivity index (χ1) is 7.09. The van der Waals surface area contributed by atoms with Crippen molar-refractivity contribution in [2.75, 3.05) is 6.54 Å². The first-order valence-electron chi connectivity index (χ1n) is 4.92. The molecule has 1 unspecified atom stereocenters. The molecule has 4 heteroatoms. The molecule has 84 valence electrons. The molecule has 0 saturated heterocycles. The Hall–Kier alpha value is -0.450.